The highest BCUT2D eigenvalue weighted by atomic mass is 79.9. The maximum Gasteiger partial charge on any atom is 0.107 e. The van der Waals surface area contributed by atoms with E-state index in [-0.39, 0.29) is 0 Å². The number of hydrogen-bond donors (Lipinski definition) is 1. The molecule has 0 unspecified atom stereocenters. The number of aryl methyl sites for hydroxylation is 2. The third-order valence-electron chi connectivity index (χ3n) is 3.22. The highest BCUT2D eigenvalue weighted by molar-refractivity contribution is 9.10. The molecule has 3 aromatic rings. The normalized spacial score (nSPS) is 11.3. The van der Waals surface area contributed by atoms with Gasteiger partial charge in [-0.2, -0.15) is 5.10 Å². The molecule has 0 saturated carbocycles. The van der Waals surface area contributed by atoms with E-state index in [2.05, 4.69) is 43.8 Å². The van der Waals surface area contributed by atoms with Gasteiger partial charge in [-0.05, 0) is 18.2 Å². The topological polar surface area (TPSA) is 48.8 Å². The van der Waals surface area contributed by atoms with Crippen LogP contribution in [0.15, 0.2) is 34.9 Å². The first-order valence-electron chi connectivity index (χ1n) is 5.61. The molecule has 0 atom stereocenters. The van der Waals surface area contributed by atoms with Crippen LogP contribution in [0.4, 0.5) is 5.69 Å². The Labute approximate surface area is 113 Å². The van der Waals surface area contributed by atoms with E-state index in [4.69, 9.17) is 5.73 Å². The second-order valence-electron chi connectivity index (χ2n) is 4.36. The lowest BCUT2D eigenvalue weighted by atomic mass is 10.2. The fraction of sp³-hybridized carbons (Fsp3) is 0.154. The van der Waals surface area contributed by atoms with Gasteiger partial charge in [0.25, 0.3) is 0 Å². The van der Waals surface area contributed by atoms with Gasteiger partial charge in [0.15, 0.2) is 0 Å². The Hall–Kier alpha value is -1.75. The van der Waals surface area contributed by atoms with E-state index in [0.717, 1.165) is 15.9 Å². The molecule has 0 aliphatic rings. The third-order valence-corrected chi connectivity index (χ3v) is 3.71. The van der Waals surface area contributed by atoms with Crippen LogP contribution in [0.5, 0.6) is 0 Å². The average molecular weight is 305 g/mol. The first-order valence-corrected chi connectivity index (χ1v) is 6.40. The van der Waals surface area contributed by atoms with Crippen molar-refractivity contribution >= 4 is 32.5 Å². The molecule has 0 bridgehead atoms. The van der Waals surface area contributed by atoms with Gasteiger partial charge in [0, 0.05) is 29.5 Å². The number of anilines is 1. The van der Waals surface area contributed by atoms with E-state index in [1.807, 2.05) is 20.2 Å². The molecule has 4 nitrogen and oxygen atoms in total. The van der Waals surface area contributed by atoms with Gasteiger partial charge in [0.1, 0.15) is 5.69 Å². The van der Waals surface area contributed by atoms with Crippen molar-refractivity contribution in [3.05, 3.63) is 34.9 Å². The smallest absolute Gasteiger partial charge is 0.107 e. The molecule has 0 aliphatic heterocycles. The van der Waals surface area contributed by atoms with Crippen LogP contribution in [0.2, 0.25) is 0 Å². The van der Waals surface area contributed by atoms with Crippen LogP contribution >= 0.6 is 15.9 Å². The molecule has 0 amide bonds. The second kappa shape index (κ2) is 3.88. The van der Waals surface area contributed by atoms with Crippen molar-refractivity contribution in [2.45, 2.75) is 0 Å². The minimum absolute atomic E-state index is 0.697. The fourth-order valence-corrected chi connectivity index (χ4v) is 2.65. The van der Waals surface area contributed by atoms with E-state index in [9.17, 15) is 0 Å². The summed E-state index contributed by atoms with van der Waals surface area (Å²) < 4.78 is 5.01. The van der Waals surface area contributed by atoms with Crippen molar-refractivity contribution in [2.75, 3.05) is 5.73 Å². The molecule has 2 N–H and O–H groups in total. The van der Waals surface area contributed by atoms with Crippen molar-refractivity contribution in [3.63, 3.8) is 0 Å². The Morgan fingerprint density at radius 1 is 1.22 bits per heavy atom. The third kappa shape index (κ3) is 1.54. The second-order valence-corrected chi connectivity index (χ2v) is 5.28. The fourth-order valence-electron chi connectivity index (χ4n) is 2.30. The van der Waals surface area contributed by atoms with E-state index in [1.54, 1.807) is 10.9 Å². The summed E-state index contributed by atoms with van der Waals surface area (Å²) in [5.41, 5.74) is 9.87. The molecule has 18 heavy (non-hydrogen) atoms. The van der Waals surface area contributed by atoms with Crippen LogP contribution in [0, 0.1) is 0 Å². The van der Waals surface area contributed by atoms with E-state index >= 15 is 0 Å². The quantitative estimate of drug-likeness (QED) is 0.751. The van der Waals surface area contributed by atoms with Gasteiger partial charge in [0.05, 0.1) is 17.6 Å². The summed E-state index contributed by atoms with van der Waals surface area (Å²) in [7, 11) is 3.94. The van der Waals surface area contributed by atoms with Gasteiger partial charge < -0.3 is 10.3 Å². The zero-order chi connectivity index (χ0) is 12.9. The number of benzene rings is 1. The molecule has 0 fully saturated rings. The average Bonchev–Trinajstić information content (AvgIpc) is 2.82. The lowest BCUT2D eigenvalue weighted by Gasteiger charge is -2.06. The molecule has 92 valence electrons. The molecular weight excluding hydrogens is 292 g/mol. The molecule has 3 rings (SSSR count). The predicted octanol–water partition coefficient (Wildman–Crippen LogP) is 2.92. The summed E-state index contributed by atoms with van der Waals surface area (Å²) in [6.45, 7) is 0. The van der Waals surface area contributed by atoms with Crippen LogP contribution in [-0.4, -0.2) is 14.3 Å². The molecule has 0 radical (unpaired) electrons. The number of aromatic nitrogens is 3. The molecule has 2 aromatic heterocycles. The minimum Gasteiger partial charge on any atom is -0.396 e. The van der Waals surface area contributed by atoms with Crippen LogP contribution in [0.1, 0.15) is 0 Å². The van der Waals surface area contributed by atoms with Gasteiger partial charge in [-0.1, -0.05) is 22.0 Å². The number of hydrogen-bond acceptors (Lipinski definition) is 2. The highest BCUT2D eigenvalue weighted by Gasteiger charge is 2.14. The molecular formula is C13H13BrN4. The monoisotopic (exact) mass is 304 g/mol. The summed E-state index contributed by atoms with van der Waals surface area (Å²) in [4.78, 5) is 0. The van der Waals surface area contributed by atoms with E-state index in [1.165, 1.54) is 10.9 Å². The summed E-state index contributed by atoms with van der Waals surface area (Å²) in [5.74, 6) is 0. The maximum atomic E-state index is 5.99. The number of nitrogen functional groups attached to an aromatic ring is 1. The van der Waals surface area contributed by atoms with Crippen molar-refractivity contribution < 1.29 is 0 Å². The summed E-state index contributed by atoms with van der Waals surface area (Å²) >= 11 is 3.50. The van der Waals surface area contributed by atoms with E-state index in [0.29, 0.717) is 5.69 Å². The maximum absolute atomic E-state index is 5.99. The number of nitrogens with two attached hydrogens (primary N) is 1. The Bertz CT molecular complexity index is 719. The van der Waals surface area contributed by atoms with Crippen molar-refractivity contribution in [1.29, 1.82) is 0 Å². The predicted molar refractivity (Wildman–Crippen MR) is 77.2 cm³/mol. The standard InChI is InChI=1S/C13H13BrN4/c1-17-11-6-9(14)4-3-8(11)5-12(17)13-10(15)7-16-18(13)2/h3-7H,15H2,1-2H3. The summed E-state index contributed by atoms with van der Waals surface area (Å²) in [6.07, 6.45) is 1.68. The number of nitrogens with zero attached hydrogens (tertiary/aromatic N) is 3. The van der Waals surface area contributed by atoms with Crippen LogP contribution in [-0.2, 0) is 14.1 Å². The zero-order valence-corrected chi connectivity index (χ0v) is 11.8. The van der Waals surface area contributed by atoms with Crippen molar-refractivity contribution in [2.24, 2.45) is 14.1 Å². The Morgan fingerprint density at radius 3 is 2.67 bits per heavy atom. The largest absolute Gasteiger partial charge is 0.396 e. The van der Waals surface area contributed by atoms with E-state index < -0.39 is 0 Å². The van der Waals surface area contributed by atoms with Gasteiger partial charge in [-0.15, -0.1) is 0 Å². The molecule has 2 heterocycles. The SMILES string of the molecule is Cn1ncc(N)c1-c1cc2ccc(Br)cc2n1C. The minimum atomic E-state index is 0.697. The number of rotatable bonds is 1. The van der Waals surface area contributed by atoms with Gasteiger partial charge in [-0.3, -0.25) is 4.68 Å². The number of fused-ring (bicyclic) bond motifs is 1. The van der Waals surface area contributed by atoms with Gasteiger partial charge >= 0.3 is 0 Å². The Balaban J connectivity index is 2.34. The Morgan fingerprint density at radius 2 is 2.00 bits per heavy atom. The molecule has 5 heteroatoms. The van der Waals surface area contributed by atoms with Crippen LogP contribution in [0.25, 0.3) is 22.3 Å². The zero-order valence-electron chi connectivity index (χ0n) is 10.2. The van der Waals surface area contributed by atoms with Crippen molar-refractivity contribution in [1.82, 2.24) is 14.3 Å². The lowest BCUT2D eigenvalue weighted by molar-refractivity contribution is 0.768. The lowest BCUT2D eigenvalue weighted by Crippen LogP contribution is -2.00. The molecule has 0 spiro atoms. The van der Waals surface area contributed by atoms with Crippen molar-refractivity contribution in [3.8, 4) is 11.4 Å². The number of halogens is 1. The Kier molecular flexibility index (Phi) is 2.45. The molecule has 1 aromatic carbocycles. The summed E-state index contributed by atoms with van der Waals surface area (Å²) in [5, 5.41) is 5.38. The van der Waals surface area contributed by atoms with Gasteiger partial charge in [-0.25, -0.2) is 0 Å². The van der Waals surface area contributed by atoms with Gasteiger partial charge in [0.2, 0.25) is 0 Å². The first kappa shape index (κ1) is 11.3. The molecule has 0 aliphatic carbocycles. The molecule has 0 saturated heterocycles. The van der Waals surface area contributed by atoms with Crippen LogP contribution < -0.4 is 5.73 Å². The highest BCUT2D eigenvalue weighted by Crippen LogP contribution is 2.31. The summed E-state index contributed by atoms with van der Waals surface area (Å²) in [6, 6.07) is 8.37. The first-order chi connectivity index (χ1) is 8.58. The van der Waals surface area contributed by atoms with Crippen LogP contribution in [0.3, 0.4) is 0 Å².